The number of fused-ring (bicyclic) bond motifs is 1. The molecule has 0 radical (unpaired) electrons. The molecule has 7 nitrogen and oxygen atoms in total. The van der Waals surface area contributed by atoms with Crippen LogP contribution in [0.2, 0.25) is 0 Å². The van der Waals surface area contributed by atoms with E-state index in [-0.39, 0.29) is 5.75 Å². The van der Waals surface area contributed by atoms with Crippen molar-refractivity contribution in [2.75, 3.05) is 33.5 Å². The summed E-state index contributed by atoms with van der Waals surface area (Å²) in [5.41, 5.74) is 0.894. The van der Waals surface area contributed by atoms with Crippen LogP contribution in [0, 0.1) is 0 Å². The summed E-state index contributed by atoms with van der Waals surface area (Å²) in [5, 5.41) is 5.06. The molecule has 0 aliphatic carbocycles. The molecule has 0 saturated heterocycles. The monoisotopic (exact) mass is 318 g/mol. The van der Waals surface area contributed by atoms with Gasteiger partial charge in [-0.15, -0.1) is 11.3 Å². The van der Waals surface area contributed by atoms with E-state index in [0.717, 1.165) is 10.7 Å². The number of rotatable bonds is 7. The number of hydrogen-bond acceptors (Lipinski definition) is 6. The largest absolute Gasteiger partial charge is 0.480 e. The molecule has 0 aliphatic heterocycles. The van der Waals surface area contributed by atoms with Crippen LogP contribution in [0.15, 0.2) is 11.6 Å². The SMILES string of the molecule is COc1nc2sccn2c1CNCCS(=O)(=O)N(C)C. The minimum atomic E-state index is -3.17. The molecular weight excluding hydrogens is 300 g/mol. The fraction of sp³-hybridized carbons (Fsp3) is 0.545. The Kier molecular flexibility index (Phi) is 4.63. The molecule has 20 heavy (non-hydrogen) atoms. The zero-order valence-electron chi connectivity index (χ0n) is 11.7. The molecule has 9 heteroatoms. The first-order valence-electron chi connectivity index (χ1n) is 6.05. The van der Waals surface area contributed by atoms with Gasteiger partial charge in [0.2, 0.25) is 15.9 Å². The Bertz CT molecular complexity index is 675. The normalized spacial score (nSPS) is 12.4. The van der Waals surface area contributed by atoms with E-state index in [1.165, 1.54) is 29.7 Å². The number of imidazole rings is 1. The molecule has 0 fully saturated rings. The fourth-order valence-electron chi connectivity index (χ4n) is 1.73. The molecule has 2 aromatic rings. The van der Waals surface area contributed by atoms with Crippen LogP contribution in [0.25, 0.3) is 4.96 Å². The summed E-state index contributed by atoms with van der Waals surface area (Å²) in [6.07, 6.45) is 1.92. The fourth-order valence-corrected chi connectivity index (χ4v) is 3.22. The number of aromatic nitrogens is 2. The van der Waals surface area contributed by atoms with Gasteiger partial charge in [-0.1, -0.05) is 0 Å². The molecule has 0 aliphatic rings. The van der Waals surface area contributed by atoms with Crippen LogP contribution in [0.4, 0.5) is 0 Å². The van der Waals surface area contributed by atoms with Gasteiger partial charge in [0.25, 0.3) is 0 Å². The summed E-state index contributed by atoms with van der Waals surface area (Å²) in [4.78, 5) is 5.20. The van der Waals surface area contributed by atoms with Gasteiger partial charge in [0.1, 0.15) is 5.69 Å². The number of ether oxygens (including phenoxy) is 1. The van der Waals surface area contributed by atoms with E-state index in [1.54, 1.807) is 7.11 Å². The Labute approximate surface area is 122 Å². The third kappa shape index (κ3) is 3.11. The maximum Gasteiger partial charge on any atom is 0.237 e. The first-order chi connectivity index (χ1) is 9.45. The van der Waals surface area contributed by atoms with Crippen molar-refractivity contribution in [1.82, 2.24) is 19.0 Å². The Morgan fingerprint density at radius 1 is 1.50 bits per heavy atom. The van der Waals surface area contributed by atoms with Gasteiger partial charge in [0.05, 0.1) is 12.9 Å². The Morgan fingerprint density at radius 2 is 2.25 bits per heavy atom. The van der Waals surface area contributed by atoms with Crippen LogP contribution in [0.3, 0.4) is 0 Å². The summed E-state index contributed by atoms with van der Waals surface area (Å²) < 4.78 is 31.7. The Hall–Kier alpha value is -1.16. The van der Waals surface area contributed by atoms with E-state index in [0.29, 0.717) is 19.0 Å². The van der Waals surface area contributed by atoms with Crippen molar-refractivity contribution in [3.8, 4) is 5.88 Å². The van der Waals surface area contributed by atoms with Crippen molar-refractivity contribution in [2.45, 2.75) is 6.54 Å². The molecule has 0 unspecified atom stereocenters. The van der Waals surface area contributed by atoms with Gasteiger partial charge in [-0.2, -0.15) is 4.98 Å². The molecule has 2 heterocycles. The Morgan fingerprint density at radius 3 is 2.90 bits per heavy atom. The molecule has 1 N–H and O–H groups in total. The van der Waals surface area contributed by atoms with Crippen molar-refractivity contribution in [3.63, 3.8) is 0 Å². The predicted molar refractivity (Wildman–Crippen MR) is 78.8 cm³/mol. The first-order valence-corrected chi connectivity index (χ1v) is 8.54. The highest BCUT2D eigenvalue weighted by atomic mass is 32.2. The molecular formula is C11H18N4O3S2. The second kappa shape index (κ2) is 6.08. The van der Waals surface area contributed by atoms with E-state index >= 15 is 0 Å². The molecule has 2 aromatic heterocycles. The van der Waals surface area contributed by atoms with Gasteiger partial charge >= 0.3 is 0 Å². The number of sulfonamides is 1. The number of thiazole rings is 1. The molecule has 2 rings (SSSR count). The predicted octanol–water partition coefficient (Wildman–Crippen LogP) is 0.385. The van der Waals surface area contributed by atoms with Crippen molar-refractivity contribution in [2.24, 2.45) is 0 Å². The highest BCUT2D eigenvalue weighted by molar-refractivity contribution is 7.89. The number of hydrogen-bond donors (Lipinski definition) is 1. The third-order valence-electron chi connectivity index (χ3n) is 2.90. The average molecular weight is 318 g/mol. The lowest BCUT2D eigenvalue weighted by Crippen LogP contribution is -2.31. The van der Waals surface area contributed by atoms with Crippen molar-refractivity contribution < 1.29 is 13.2 Å². The lowest BCUT2D eigenvalue weighted by molar-refractivity contribution is 0.393. The zero-order valence-corrected chi connectivity index (χ0v) is 13.3. The van der Waals surface area contributed by atoms with E-state index in [4.69, 9.17) is 4.74 Å². The smallest absolute Gasteiger partial charge is 0.237 e. The Balaban J connectivity index is 1.98. The summed E-state index contributed by atoms with van der Waals surface area (Å²) >= 11 is 1.53. The van der Waals surface area contributed by atoms with Gasteiger partial charge < -0.3 is 10.1 Å². The summed E-state index contributed by atoms with van der Waals surface area (Å²) in [6.45, 7) is 0.880. The number of methoxy groups -OCH3 is 1. The topological polar surface area (TPSA) is 75.9 Å². The maximum absolute atomic E-state index is 11.6. The van der Waals surface area contributed by atoms with Gasteiger partial charge in [0, 0.05) is 38.8 Å². The highest BCUT2D eigenvalue weighted by Gasteiger charge is 2.15. The van der Waals surface area contributed by atoms with E-state index in [1.807, 2.05) is 16.0 Å². The molecule has 112 valence electrons. The maximum atomic E-state index is 11.6. The molecule has 0 aromatic carbocycles. The summed E-state index contributed by atoms with van der Waals surface area (Å²) in [6, 6.07) is 0. The summed E-state index contributed by atoms with van der Waals surface area (Å²) in [7, 11) is 1.47. The van der Waals surface area contributed by atoms with Gasteiger partial charge in [-0.3, -0.25) is 4.40 Å². The van der Waals surface area contributed by atoms with Crippen LogP contribution in [0.1, 0.15) is 5.69 Å². The van der Waals surface area contributed by atoms with Crippen molar-refractivity contribution >= 4 is 26.3 Å². The van der Waals surface area contributed by atoms with Crippen LogP contribution < -0.4 is 10.1 Å². The quantitative estimate of drug-likeness (QED) is 0.747. The second-order valence-electron chi connectivity index (χ2n) is 4.40. The lowest BCUT2D eigenvalue weighted by Gasteiger charge is -2.11. The summed E-state index contributed by atoms with van der Waals surface area (Å²) in [5.74, 6) is 0.633. The number of nitrogens with one attached hydrogen (secondary N) is 1. The zero-order chi connectivity index (χ0) is 14.8. The van der Waals surface area contributed by atoms with Crippen LogP contribution >= 0.6 is 11.3 Å². The highest BCUT2D eigenvalue weighted by Crippen LogP contribution is 2.22. The van der Waals surface area contributed by atoms with Gasteiger partial charge in [0.15, 0.2) is 4.96 Å². The second-order valence-corrected chi connectivity index (χ2v) is 7.57. The van der Waals surface area contributed by atoms with Crippen LogP contribution in [0.5, 0.6) is 5.88 Å². The average Bonchev–Trinajstić information content (AvgIpc) is 2.95. The third-order valence-corrected chi connectivity index (χ3v) is 5.49. The van der Waals surface area contributed by atoms with Crippen molar-refractivity contribution in [1.29, 1.82) is 0 Å². The molecule has 0 spiro atoms. The number of nitrogens with zero attached hydrogens (tertiary/aromatic N) is 3. The van der Waals surface area contributed by atoms with Crippen molar-refractivity contribution in [3.05, 3.63) is 17.3 Å². The molecule has 0 amide bonds. The van der Waals surface area contributed by atoms with Crippen LogP contribution in [-0.4, -0.2) is 55.6 Å². The molecule has 0 atom stereocenters. The minimum absolute atomic E-state index is 0.0634. The first kappa shape index (κ1) is 15.2. The minimum Gasteiger partial charge on any atom is -0.480 e. The van der Waals surface area contributed by atoms with E-state index < -0.39 is 10.0 Å². The standard InChI is InChI=1S/C11H18N4O3S2/c1-14(2)20(16,17)7-4-12-8-9-10(18-3)13-11-15(9)5-6-19-11/h5-6,12H,4,7-8H2,1-3H3. The lowest BCUT2D eigenvalue weighted by atomic mass is 10.4. The van der Waals surface area contributed by atoms with Gasteiger partial charge in [-0.25, -0.2) is 12.7 Å². The van der Waals surface area contributed by atoms with E-state index in [2.05, 4.69) is 10.3 Å². The molecule has 0 bridgehead atoms. The van der Waals surface area contributed by atoms with Crippen LogP contribution in [-0.2, 0) is 16.6 Å². The van der Waals surface area contributed by atoms with E-state index in [9.17, 15) is 8.42 Å². The molecule has 0 saturated carbocycles. The van der Waals surface area contributed by atoms with Gasteiger partial charge in [-0.05, 0) is 0 Å².